The maximum atomic E-state index is 5.85. The molecule has 0 saturated carbocycles. The van der Waals surface area contributed by atoms with Gasteiger partial charge in [-0.25, -0.2) is 0 Å². The molecular formula is C16H17N3O. The Kier molecular flexibility index (Phi) is 2.81. The topological polar surface area (TPSA) is 37.4 Å². The molecule has 2 bridgehead atoms. The average molecular weight is 267 g/mol. The Hall–Kier alpha value is -2.07. The van der Waals surface area contributed by atoms with Crippen molar-refractivity contribution in [2.24, 2.45) is 0 Å². The second-order valence-corrected chi connectivity index (χ2v) is 5.44. The fourth-order valence-corrected chi connectivity index (χ4v) is 3.12. The molecule has 2 aromatic rings. The van der Waals surface area contributed by atoms with Crippen LogP contribution < -0.4 is 15.0 Å². The van der Waals surface area contributed by atoms with Crippen LogP contribution in [0.2, 0.25) is 0 Å². The molecule has 1 aromatic heterocycles. The number of piperazine rings is 1. The van der Waals surface area contributed by atoms with Crippen molar-refractivity contribution < 1.29 is 4.74 Å². The summed E-state index contributed by atoms with van der Waals surface area (Å²) < 4.78 is 5.85. The van der Waals surface area contributed by atoms with Crippen LogP contribution in [0.1, 0.15) is 6.42 Å². The number of anilines is 1. The van der Waals surface area contributed by atoms with Crippen LogP contribution in [0.15, 0.2) is 48.8 Å². The van der Waals surface area contributed by atoms with E-state index in [0.717, 1.165) is 30.3 Å². The number of ether oxygens (including phenoxy) is 1. The molecule has 20 heavy (non-hydrogen) atoms. The zero-order chi connectivity index (χ0) is 13.4. The second-order valence-electron chi connectivity index (χ2n) is 5.44. The Labute approximate surface area is 118 Å². The van der Waals surface area contributed by atoms with Gasteiger partial charge < -0.3 is 15.0 Å². The van der Waals surface area contributed by atoms with Crippen molar-refractivity contribution in [3.8, 4) is 11.5 Å². The van der Waals surface area contributed by atoms with Crippen molar-refractivity contribution in [2.75, 3.05) is 18.0 Å². The molecule has 0 unspecified atom stereocenters. The molecule has 102 valence electrons. The summed E-state index contributed by atoms with van der Waals surface area (Å²) in [5, 5.41) is 3.52. The highest BCUT2D eigenvalue weighted by Crippen LogP contribution is 2.31. The van der Waals surface area contributed by atoms with Crippen LogP contribution in [0.25, 0.3) is 0 Å². The van der Waals surface area contributed by atoms with Crippen molar-refractivity contribution in [3.63, 3.8) is 0 Å². The van der Waals surface area contributed by atoms with Crippen molar-refractivity contribution in [1.82, 2.24) is 10.3 Å². The fourth-order valence-electron chi connectivity index (χ4n) is 3.12. The van der Waals surface area contributed by atoms with E-state index in [1.54, 1.807) is 6.20 Å². The number of nitrogens with one attached hydrogen (secondary N) is 1. The second kappa shape index (κ2) is 4.80. The largest absolute Gasteiger partial charge is 0.456 e. The maximum absolute atomic E-state index is 5.85. The first-order chi connectivity index (χ1) is 9.88. The van der Waals surface area contributed by atoms with Gasteiger partial charge in [0, 0.05) is 31.2 Å². The first kappa shape index (κ1) is 11.7. The monoisotopic (exact) mass is 267 g/mol. The summed E-state index contributed by atoms with van der Waals surface area (Å²) in [6.07, 6.45) is 4.94. The number of pyridine rings is 1. The molecule has 2 aliphatic heterocycles. The maximum Gasteiger partial charge on any atom is 0.147 e. The molecule has 4 rings (SSSR count). The van der Waals surface area contributed by atoms with E-state index in [4.69, 9.17) is 4.74 Å². The summed E-state index contributed by atoms with van der Waals surface area (Å²) >= 11 is 0. The number of fused-ring (bicyclic) bond motifs is 2. The van der Waals surface area contributed by atoms with Crippen LogP contribution in [0.4, 0.5) is 5.69 Å². The first-order valence-corrected chi connectivity index (χ1v) is 7.06. The zero-order valence-electron chi connectivity index (χ0n) is 11.2. The number of para-hydroxylation sites is 1. The number of benzene rings is 1. The summed E-state index contributed by atoms with van der Waals surface area (Å²) in [5.41, 5.74) is 1.16. The molecule has 0 amide bonds. The summed E-state index contributed by atoms with van der Waals surface area (Å²) in [6.45, 7) is 2.15. The predicted molar refractivity (Wildman–Crippen MR) is 78.3 cm³/mol. The molecule has 0 radical (unpaired) electrons. The third kappa shape index (κ3) is 2.12. The van der Waals surface area contributed by atoms with Crippen LogP contribution in [-0.2, 0) is 0 Å². The molecule has 0 spiro atoms. The lowest BCUT2D eigenvalue weighted by Crippen LogP contribution is -2.43. The van der Waals surface area contributed by atoms with Gasteiger partial charge >= 0.3 is 0 Å². The Morgan fingerprint density at radius 1 is 1.15 bits per heavy atom. The van der Waals surface area contributed by atoms with E-state index in [1.165, 1.54) is 6.42 Å². The van der Waals surface area contributed by atoms with E-state index < -0.39 is 0 Å². The summed E-state index contributed by atoms with van der Waals surface area (Å²) in [5.74, 6) is 1.64. The first-order valence-electron chi connectivity index (χ1n) is 7.06. The van der Waals surface area contributed by atoms with Gasteiger partial charge in [0.25, 0.3) is 0 Å². The lowest BCUT2D eigenvalue weighted by molar-refractivity contribution is 0.479. The van der Waals surface area contributed by atoms with Crippen molar-refractivity contribution >= 4 is 5.69 Å². The minimum absolute atomic E-state index is 0.605. The smallest absolute Gasteiger partial charge is 0.147 e. The molecule has 2 atom stereocenters. The van der Waals surface area contributed by atoms with Crippen LogP contribution >= 0.6 is 0 Å². The molecule has 1 N–H and O–H groups in total. The van der Waals surface area contributed by atoms with E-state index >= 15 is 0 Å². The highest BCUT2D eigenvalue weighted by atomic mass is 16.5. The number of rotatable bonds is 3. The van der Waals surface area contributed by atoms with E-state index in [9.17, 15) is 0 Å². The molecule has 4 heteroatoms. The summed E-state index contributed by atoms with van der Waals surface area (Å²) in [6, 6.07) is 13.2. The van der Waals surface area contributed by atoms with Gasteiger partial charge in [0.1, 0.15) is 11.5 Å². The lowest BCUT2D eigenvalue weighted by atomic mass is 10.2. The van der Waals surface area contributed by atoms with Gasteiger partial charge in [-0.15, -0.1) is 0 Å². The lowest BCUT2D eigenvalue weighted by Gasteiger charge is -2.29. The summed E-state index contributed by atoms with van der Waals surface area (Å²) in [4.78, 5) is 6.76. The van der Waals surface area contributed by atoms with Crippen LogP contribution in [0.3, 0.4) is 0 Å². The van der Waals surface area contributed by atoms with Gasteiger partial charge in [-0.05, 0) is 18.6 Å². The summed E-state index contributed by atoms with van der Waals surface area (Å²) in [7, 11) is 0. The van der Waals surface area contributed by atoms with Crippen LogP contribution in [0, 0.1) is 0 Å². The highest BCUT2D eigenvalue weighted by Gasteiger charge is 2.37. The molecule has 4 nitrogen and oxygen atoms in total. The van der Waals surface area contributed by atoms with Gasteiger partial charge in [0.05, 0.1) is 18.1 Å². The van der Waals surface area contributed by atoms with Gasteiger partial charge in [-0.1, -0.05) is 18.2 Å². The Morgan fingerprint density at radius 3 is 2.80 bits per heavy atom. The third-order valence-corrected chi connectivity index (χ3v) is 4.07. The number of nitrogens with zero attached hydrogens (tertiary/aromatic N) is 2. The van der Waals surface area contributed by atoms with E-state index in [1.807, 2.05) is 36.5 Å². The van der Waals surface area contributed by atoms with Crippen molar-refractivity contribution in [1.29, 1.82) is 0 Å². The van der Waals surface area contributed by atoms with Gasteiger partial charge in [0.2, 0.25) is 0 Å². The van der Waals surface area contributed by atoms with Gasteiger partial charge in [-0.3, -0.25) is 4.98 Å². The molecule has 3 heterocycles. The Bertz CT molecular complexity index is 602. The molecule has 2 saturated heterocycles. The molecule has 0 aliphatic carbocycles. The molecule has 2 fully saturated rings. The van der Waals surface area contributed by atoms with Gasteiger partial charge in [0.15, 0.2) is 0 Å². The quantitative estimate of drug-likeness (QED) is 0.926. The molecular weight excluding hydrogens is 250 g/mol. The van der Waals surface area contributed by atoms with Crippen LogP contribution in [0.5, 0.6) is 11.5 Å². The predicted octanol–water partition coefficient (Wildman–Crippen LogP) is 2.42. The number of aromatic nitrogens is 1. The van der Waals surface area contributed by atoms with E-state index in [2.05, 4.69) is 21.3 Å². The number of hydrogen-bond donors (Lipinski definition) is 1. The number of hydrogen-bond acceptors (Lipinski definition) is 4. The highest BCUT2D eigenvalue weighted by molar-refractivity contribution is 5.52. The standard InChI is InChI=1S/C16H17N3O/c1-2-4-15(5-3-1)20-16-7-14(8-17-10-16)19-11-12-6-13(19)9-18-12/h1-5,7-8,10,12-13,18H,6,9,11H2/t12-,13-/m1/s1. The van der Waals surface area contributed by atoms with Crippen molar-refractivity contribution in [2.45, 2.75) is 18.5 Å². The normalized spacial score (nSPS) is 24.1. The SMILES string of the molecule is c1ccc(Oc2cncc(N3C[C@H]4C[C@@H]3CN4)c2)cc1. The van der Waals surface area contributed by atoms with Gasteiger partial charge in [-0.2, -0.15) is 0 Å². The minimum atomic E-state index is 0.605. The van der Waals surface area contributed by atoms with E-state index in [-0.39, 0.29) is 0 Å². The molecule has 2 aliphatic rings. The Balaban J connectivity index is 1.56. The minimum Gasteiger partial charge on any atom is -0.456 e. The molecule has 1 aromatic carbocycles. The zero-order valence-corrected chi connectivity index (χ0v) is 11.2. The third-order valence-electron chi connectivity index (χ3n) is 4.07. The van der Waals surface area contributed by atoms with Crippen molar-refractivity contribution in [3.05, 3.63) is 48.8 Å². The average Bonchev–Trinajstić information content (AvgIpc) is 3.11. The fraction of sp³-hybridized carbons (Fsp3) is 0.312. The van der Waals surface area contributed by atoms with Crippen LogP contribution in [-0.4, -0.2) is 30.2 Å². The Morgan fingerprint density at radius 2 is 2.05 bits per heavy atom. The van der Waals surface area contributed by atoms with E-state index in [0.29, 0.717) is 12.1 Å².